The number of ether oxygens (including phenoxy) is 2. The van der Waals surface area contributed by atoms with E-state index in [9.17, 15) is 9.59 Å². The van der Waals surface area contributed by atoms with E-state index in [0.29, 0.717) is 32.2 Å². The van der Waals surface area contributed by atoms with Crippen LogP contribution < -0.4 is 15.8 Å². The number of thioether (sulfide) groups is 1. The fourth-order valence-corrected chi connectivity index (χ4v) is 3.84. The molecule has 0 spiro atoms. The highest BCUT2D eigenvalue weighted by Gasteiger charge is 2.22. The van der Waals surface area contributed by atoms with Crippen LogP contribution in [0.2, 0.25) is 5.02 Å². The van der Waals surface area contributed by atoms with Crippen LogP contribution in [0.25, 0.3) is 6.08 Å². The molecule has 1 atom stereocenters. The average Bonchev–Trinajstić information content (AvgIpc) is 3.01. The molecule has 0 aromatic heterocycles. The molecule has 0 aliphatic carbocycles. The summed E-state index contributed by atoms with van der Waals surface area (Å²) in [5, 5.41) is 2.97. The summed E-state index contributed by atoms with van der Waals surface area (Å²) in [6.45, 7) is 0. The zero-order valence-corrected chi connectivity index (χ0v) is 18.9. The van der Waals surface area contributed by atoms with E-state index < -0.39 is 12.0 Å². The summed E-state index contributed by atoms with van der Waals surface area (Å²) in [5.74, 6) is 0.391. The lowest BCUT2D eigenvalue weighted by atomic mass is 10.1. The lowest BCUT2D eigenvalue weighted by Gasteiger charge is -2.11. The molecule has 30 heavy (non-hydrogen) atoms. The fourth-order valence-electron chi connectivity index (χ4n) is 2.57. The minimum Gasteiger partial charge on any atom is -0.468 e. The van der Waals surface area contributed by atoms with Gasteiger partial charge < -0.3 is 20.5 Å². The molecule has 0 saturated carbocycles. The van der Waals surface area contributed by atoms with Crippen LogP contribution in [0.3, 0.4) is 0 Å². The first-order chi connectivity index (χ1) is 13.9. The molecule has 158 valence electrons. The Kier molecular flexibility index (Phi) is 8.69. The Balaban J connectivity index is 0.00000320. The van der Waals surface area contributed by atoms with Crippen LogP contribution in [0.1, 0.15) is 11.1 Å². The Morgan fingerprint density at radius 1 is 1.30 bits per heavy atom. The van der Waals surface area contributed by atoms with Gasteiger partial charge in [0.2, 0.25) is 0 Å². The van der Waals surface area contributed by atoms with Crippen LogP contribution in [0, 0.1) is 0 Å². The third-order valence-corrected chi connectivity index (χ3v) is 5.46. The molecule has 0 unspecified atom stereocenters. The number of amides is 1. The van der Waals surface area contributed by atoms with Crippen molar-refractivity contribution in [3.8, 4) is 11.5 Å². The summed E-state index contributed by atoms with van der Waals surface area (Å²) in [6.07, 6.45) is 2.08. The molecular formula is C20H18Cl2N2O4S2. The van der Waals surface area contributed by atoms with Gasteiger partial charge in [-0.1, -0.05) is 53.8 Å². The number of esters is 1. The van der Waals surface area contributed by atoms with Gasteiger partial charge in [0.1, 0.15) is 21.9 Å². The van der Waals surface area contributed by atoms with E-state index in [4.69, 9.17) is 34.3 Å². The molecule has 1 aliphatic rings. The smallest absolute Gasteiger partial charge is 0.322 e. The molecule has 3 N–H and O–H groups in total. The Morgan fingerprint density at radius 3 is 2.57 bits per heavy atom. The Bertz CT molecular complexity index is 997. The summed E-state index contributed by atoms with van der Waals surface area (Å²) in [6, 6.07) is 11.7. The molecule has 10 heteroatoms. The van der Waals surface area contributed by atoms with Gasteiger partial charge in [-0.15, -0.1) is 12.4 Å². The Morgan fingerprint density at radius 2 is 2.00 bits per heavy atom. The molecule has 1 heterocycles. The summed E-state index contributed by atoms with van der Waals surface area (Å²) in [7, 11) is 1.31. The van der Waals surface area contributed by atoms with Gasteiger partial charge in [-0.25, -0.2) is 0 Å². The molecule has 1 aliphatic heterocycles. The zero-order valence-electron chi connectivity index (χ0n) is 15.7. The molecule has 1 saturated heterocycles. The van der Waals surface area contributed by atoms with Crippen molar-refractivity contribution in [3.05, 3.63) is 63.5 Å². The van der Waals surface area contributed by atoms with E-state index >= 15 is 0 Å². The van der Waals surface area contributed by atoms with E-state index in [1.165, 1.54) is 18.9 Å². The number of carbonyl (C=O) groups excluding carboxylic acids is 2. The number of carbonyl (C=O) groups is 2. The summed E-state index contributed by atoms with van der Waals surface area (Å²) in [5.41, 5.74) is 7.41. The fraction of sp³-hybridized carbons (Fsp3) is 0.150. The first-order valence-electron chi connectivity index (χ1n) is 8.50. The molecular weight excluding hydrogens is 467 g/mol. The van der Waals surface area contributed by atoms with Gasteiger partial charge in [-0.2, -0.15) is 0 Å². The van der Waals surface area contributed by atoms with Gasteiger partial charge in [0, 0.05) is 0 Å². The second-order valence-electron chi connectivity index (χ2n) is 6.12. The number of halogens is 2. The predicted octanol–water partition coefficient (Wildman–Crippen LogP) is 4.09. The molecule has 6 nitrogen and oxygen atoms in total. The lowest BCUT2D eigenvalue weighted by molar-refractivity contribution is -0.142. The minimum atomic E-state index is -0.711. The monoisotopic (exact) mass is 484 g/mol. The maximum absolute atomic E-state index is 11.8. The van der Waals surface area contributed by atoms with Gasteiger partial charge in [-0.3, -0.25) is 9.59 Å². The van der Waals surface area contributed by atoms with Gasteiger partial charge in [0.05, 0.1) is 17.0 Å². The molecule has 2 aromatic rings. The quantitative estimate of drug-likeness (QED) is 0.362. The van der Waals surface area contributed by atoms with Crippen molar-refractivity contribution in [2.24, 2.45) is 5.73 Å². The van der Waals surface area contributed by atoms with Crippen molar-refractivity contribution in [2.45, 2.75) is 12.5 Å². The van der Waals surface area contributed by atoms with Gasteiger partial charge >= 0.3 is 5.97 Å². The van der Waals surface area contributed by atoms with Crippen molar-refractivity contribution in [2.75, 3.05) is 7.11 Å². The molecule has 1 fully saturated rings. The van der Waals surface area contributed by atoms with Crippen molar-refractivity contribution < 1.29 is 19.1 Å². The zero-order chi connectivity index (χ0) is 21.0. The lowest BCUT2D eigenvalue weighted by Crippen LogP contribution is -2.33. The highest BCUT2D eigenvalue weighted by Crippen LogP contribution is 2.32. The number of methoxy groups -OCH3 is 1. The van der Waals surface area contributed by atoms with Crippen molar-refractivity contribution in [1.82, 2.24) is 5.32 Å². The van der Waals surface area contributed by atoms with E-state index in [2.05, 4.69) is 10.1 Å². The van der Waals surface area contributed by atoms with Gasteiger partial charge in [0.15, 0.2) is 0 Å². The maximum Gasteiger partial charge on any atom is 0.322 e. The van der Waals surface area contributed by atoms with Crippen molar-refractivity contribution in [1.29, 1.82) is 0 Å². The topological polar surface area (TPSA) is 90.7 Å². The van der Waals surface area contributed by atoms with Crippen molar-refractivity contribution in [3.63, 3.8) is 0 Å². The Hall–Kier alpha value is -2.10. The number of rotatable bonds is 6. The van der Waals surface area contributed by atoms with Gasteiger partial charge in [0.25, 0.3) is 5.91 Å². The largest absolute Gasteiger partial charge is 0.468 e. The van der Waals surface area contributed by atoms with Crippen LogP contribution in [0.5, 0.6) is 11.5 Å². The highest BCUT2D eigenvalue weighted by molar-refractivity contribution is 8.26. The standard InChI is InChI=1S/C20H17ClN2O4S2.ClH/c1-26-19(25)15(22)9-11-2-5-13(6-3-11)27-16-7-4-12(8-14(16)21)10-17-18(24)23-20(28)29-17;/h2-8,10,15H,9,22H2,1H3,(H,23,24,28);1H/t15-;/m0./s1. The molecule has 1 amide bonds. The summed E-state index contributed by atoms with van der Waals surface area (Å²) < 4.78 is 10.9. The first-order valence-corrected chi connectivity index (χ1v) is 10.1. The van der Waals surface area contributed by atoms with Gasteiger partial charge in [-0.05, 0) is 47.9 Å². The normalized spacial score (nSPS) is 15.4. The summed E-state index contributed by atoms with van der Waals surface area (Å²) >= 11 is 12.5. The van der Waals surface area contributed by atoms with Crippen LogP contribution in [0.4, 0.5) is 0 Å². The number of benzene rings is 2. The number of nitrogens with two attached hydrogens (primary N) is 1. The molecule has 0 bridgehead atoms. The minimum absolute atomic E-state index is 0. The number of thiocarbonyl (C=S) groups is 1. The van der Waals surface area contributed by atoms with Crippen LogP contribution in [-0.2, 0) is 20.7 Å². The third kappa shape index (κ3) is 6.20. The Labute approximate surface area is 194 Å². The molecule has 2 aromatic carbocycles. The third-order valence-electron chi connectivity index (χ3n) is 4.01. The number of hydrogen-bond donors (Lipinski definition) is 2. The maximum atomic E-state index is 11.8. The van der Waals surface area contributed by atoms with E-state index in [1.54, 1.807) is 36.4 Å². The van der Waals surface area contributed by atoms with E-state index in [1.807, 2.05) is 12.1 Å². The molecule has 0 radical (unpaired) electrons. The number of hydrogen-bond acceptors (Lipinski definition) is 7. The first kappa shape index (κ1) is 24.2. The second kappa shape index (κ2) is 10.8. The average molecular weight is 485 g/mol. The number of nitrogens with one attached hydrogen (secondary N) is 1. The van der Waals surface area contributed by atoms with E-state index in [0.717, 1.165) is 11.1 Å². The second-order valence-corrected chi connectivity index (χ2v) is 8.25. The van der Waals surface area contributed by atoms with Crippen LogP contribution in [-0.4, -0.2) is 29.3 Å². The molecule has 3 rings (SSSR count). The van der Waals surface area contributed by atoms with E-state index in [-0.39, 0.29) is 18.3 Å². The van der Waals surface area contributed by atoms with Crippen LogP contribution >= 0.6 is 48.0 Å². The highest BCUT2D eigenvalue weighted by atomic mass is 35.5. The SMILES string of the molecule is COC(=O)[C@@H](N)Cc1ccc(Oc2ccc(C=C3SC(=S)NC3=O)cc2Cl)cc1.Cl. The summed E-state index contributed by atoms with van der Waals surface area (Å²) in [4.78, 5) is 23.7. The van der Waals surface area contributed by atoms with Crippen LogP contribution in [0.15, 0.2) is 47.4 Å². The predicted molar refractivity (Wildman–Crippen MR) is 125 cm³/mol. The van der Waals surface area contributed by atoms with Crippen molar-refractivity contribution >= 4 is 70.3 Å².